The molecular formula is C12H17NO2. The first kappa shape index (κ1) is 10.4. The summed E-state index contributed by atoms with van der Waals surface area (Å²) in [6.45, 7) is 3.75. The van der Waals surface area contributed by atoms with Crippen LogP contribution in [0.15, 0.2) is 22.8 Å². The molecule has 82 valence electrons. The van der Waals surface area contributed by atoms with E-state index >= 15 is 0 Å². The molecule has 1 aliphatic rings. The van der Waals surface area contributed by atoms with Crippen LogP contribution in [0.25, 0.3) is 0 Å². The molecule has 2 rings (SSSR count). The Morgan fingerprint density at radius 1 is 1.60 bits per heavy atom. The molecular weight excluding hydrogens is 190 g/mol. The van der Waals surface area contributed by atoms with Crippen LogP contribution in [0.1, 0.15) is 25.5 Å². The predicted octanol–water partition coefficient (Wildman–Crippen LogP) is 1.88. The van der Waals surface area contributed by atoms with E-state index in [-0.39, 0.29) is 0 Å². The van der Waals surface area contributed by atoms with Crippen molar-refractivity contribution in [1.29, 1.82) is 0 Å². The summed E-state index contributed by atoms with van der Waals surface area (Å²) in [6, 6.07) is 4.39. The molecule has 0 N–H and O–H groups in total. The first-order chi connectivity index (χ1) is 7.25. The van der Waals surface area contributed by atoms with Crippen LogP contribution in [-0.4, -0.2) is 29.8 Å². The zero-order valence-electron chi connectivity index (χ0n) is 9.11. The summed E-state index contributed by atoms with van der Waals surface area (Å²) < 4.78 is 5.28. The quantitative estimate of drug-likeness (QED) is 0.755. The Hall–Kier alpha value is -1.09. The van der Waals surface area contributed by atoms with Gasteiger partial charge in [-0.1, -0.05) is 0 Å². The third-order valence-corrected chi connectivity index (χ3v) is 3.07. The van der Waals surface area contributed by atoms with Gasteiger partial charge in [-0.2, -0.15) is 0 Å². The molecule has 1 unspecified atom stereocenters. The number of likely N-dealkylation sites (tertiary alicyclic amines) is 1. The highest BCUT2D eigenvalue weighted by atomic mass is 16.3. The fourth-order valence-corrected chi connectivity index (χ4v) is 2.02. The standard InChI is InChI=1S/C12H17NO2/c1-10(13-7-6-11(14)9-13)4-5-12-3-2-8-15-12/h2-3,8,10H,4-7,9H2,1H3. The van der Waals surface area contributed by atoms with E-state index in [4.69, 9.17) is 4.42 Å². The van der Waals surface area contributed by atoms with E-state index in [1.807, 2.05) is 12.1 Å². The molecule has 15 heavy (non-hydrogen) atoms. The van der Waals surface area contributed by atoms with Crippen molar-refractivity contribution in [2.24, 2.45) is 0 Å². The van der Waals surface area contributed by atoms with Gasteiger partial charge in [-0.05, 0) is 25.5 Å². The highest BCUT2D eigenvalue weighted by Crippen LogP contribution is 2.14. The normalized spacial score (nSPS) is 19.7. The van der Waals surface area contributed by atoms with Gasteiger partial charge in [-0.15, -0.1) is 0 Å². The Morgan fingerprint density at radius 2 is 2.47 bits per heavy atom. The molecule has 0 bridgehead atoms. The van der Waals surface area contributed by atoms with Crippen LogP contribution in [0.2, 0.25) is 0 Å². The average molecular weight is 207 g/mol. The predicted molar refractivity (Wildman–Crippen MR) is 57.7 cm³/mol. The minimum absolute atomic E-state index is 0.375. The maximum absolute atomic E-state index is 11.1. The maximum Gasteiger partial charge on any atom is 0.148 e. The Kier molecular flexibility index (Phi) is 3.21. The molecule has 3 heteroatoms. The molecule has 0 aromatic carbocycles. The summed E-state index contributed by atoms with van der Waals surface area (Å²) >= 11 is 0. The number of aryl methyl sites for hydroxylation is 1. The lowest BCUT2D eigenvalue weighted by atomic mass is 10.1. The number of nitrogens with zero attached hydrogens (tertiary/aromatic N) is 1. The number of rotatable bonds is 4. The lowest BCUT2D eigenvalue weighted by Crippen LogP contribution is -2.31. The van der Waals surface area contributed by atoms with E-state index in [1.54, 1.807) is 6.26 Å². The van der Waals surface area contributed by atoms with E-state index < -0.39 is 0 Å². The summed E-state index contributed by atoms with van der Waals surface area (Å²) in [6.07, 6.45) is 4.45. The molecule has 0 aliphatic carbocycles. The Morgan fingerprint density at radius 3 is 3.07 bits per heavy atom. The van der Waals surface area contributed by atoms with Crippen LogP contribution in [0.4, 0.5) is 0 Å². The van der Waals surface area contributed by atoms with Crippen molar-refractivity contribution in [2.75, 3.05) is 13.1 Å². The van der Waals surface area contributed by atoms with Crippen LogP contribution in [-0.2, 0) is 11.2 Å². The van der Waals surface area contributed by atoms with Crippen LogP contribution < -0.4 is 0 Å². The van der Waals surface area contributed by atoms with Crippen molar-refractivity contribution < 1.29 is 9.21 Å². The molecule has 3 nitrogen and oxygen atoms in total. The lowest BCUT2D eigenvalue weighted by molar-refractivity contribution is -0.117. The van der Waals surface area contributed by atoms with Crippen molar-refractivity contribution in [3.8, 4) is 0 Å². The van der Waals surface area contributed by atoms with Gasteiger partial charge < -0.3 is 4.42 Å². The largest absolute Gasteiger partial charge is 0.469 e. The van der Waals surface area contributed by atoms with Crippen molar-refractivity contribution >= 4 is 5.78 Å². The van der Waals surface area contributed by atoms with Gasteiger partial charge in [0.1, 0.15) is 11.5 Å². The number of Topliss-reactive ketones (excluding diaryl/α,β-unsaturated/α-hetero) is 1. The van der Waals surface area contributed by atoms with Crippen molar-refractivity contribution in [1.82, 2.24) is 4.90 Å². The van der Waals surface area contributed by atoms with Crippen LogP contribution >= 0.6 is 0 Å². The minimum Gasteiger partial charge on any atom is -0.469 e. The third kappa shape index (κ3) is 2.69. The summed E-state index contributed by atoms with van der Waals surface area (Å²) in [5.74, 6) is 1.41. The minimum atomic E-state index is 0.375. The van der Waals surface area contributed by atoms with Crippen molar-refractivity contribution in [2.45, 2.75) is 32.2 Å². The first-order valence-electron chi connectivity index (χ1n) is 5.54. The summed E-state index contributed by atoms with van der Waals surface area (Å²) in [5.41, 5.74) is 0. The van der Waals surface area contributed by atoms with E-state index in [1.165, 1.54) is 0 Å². The topological polar surface area (TPSA) is 33.5 Å². The summed E-state index contributed by atoms with van der Waals surface area (Å²) in [5, 5.41) is 0. The van der Waals surface area contributed by atoms with Gasteiger partial charge in [0.2, 0.25) is 0 Å². The van der Waals surface area contributed by atoms with Crippen molar-refractivity contribution in [3.05, 3.63) is 24.2 Å². The highest BCUT2D eigenvalue weighted by Gasteiger charge is 2.23. The molecule has 1 saturated heterocycles. The summed E-state index contributed by atoms with van der Waals surface area (Å²) in [7, 11) is 0. The SMILES string of the molecule is CC(CCc1ccco1)N1CCC(=O)C1. The van der Waals surface area contributed by atoms with Gasteiger partial charge in [0.25, 0.3) is 0 Å². The molecule has 0 saturated carbocycles. The third-order valence-electron chi connectivity index (χ3n) is 3.07. The van der Waals surface area contributed by atoms with Crippen molar-refractivity contribution in [3.63, 3.8) is 0 Å². The fourth-order valence-electron chi connectivity index (χ4n) is 2.02. The van der Waals surface area contributed by atoms with Crippen LogP contribution in [0.5, 0.6) is 0 Å². The number of hydrogen-bond donors (Lipinski definition) is 0. The molecule has 1 fully saturated rings. The molecule has 1 aromatic rings. The maximum atomic E-state index is 11.1. The monoisotopic (exact) mass is 207 g/mol. The van der Waals surface area contributed by atoms with Gasteiger partial charge in [-0.25, -0.2) is 0 Å². The molecule has 1 aliphatic heterocycles. The molecule has 2 heterocycles. The second kappa shape index (κ2) is 4.62. The zero-order chi connectivity index (χ0) is 10.7. The second-order valence-electron chi connectivity index (χ2n) is 4.23. The van der Waals surface area contributed by atoms with E-state index in [2.05, 4.69) is 11.8 Å². The summed E-state index contributed by atoms with van der Waals surface area (Å²) in [4.78, 5) is 13.4. The Labute approximate surface area is 90.1 Å². The smallest absolute Gasteiger partial charge is 0.148 e. The molecule has 0 radical (unpaired) electrons. The number of furan rings is 1. The van der Waals surface area contributed by atoms with E-state index in [9.17, 15) is 4.79 Å². The molecule has 0 amide bonds. The number of hydrogen-bond acceptors (Lipinski definition) is 3. The van der Waals surface area contributed by atoms with Crippen LogP contribution in [0, 0.1) is 0 Å². The lowest BCUT2D eigenvalue weighted by Gasteiger charge is -2.22. The van der Waals surface area contributed by atoms with Gasteiger partial charge in [0, 0.05) is 25.4 Å². The molecule has 0 spiro atoms. The van der Waals surface area contributed by atoms with Gasteiger partial charge >= 0.3 is 0 Å². The highest BCUT2D eigenvalue weighted by molar-refractivity contribution is 5.82. The Balaban J connectivity index is 1.77. The molecule has 1 atom stereocenters. The number of ketones is 1. The second-order valence-corrected chi connectivity index (χ2v) is 4.23. The van der Waals surface area contributed by atoms with Crippen LogP contribution in [0.3, 0.4) is 0 Å². The fraction of sp³-hybridized carbons (Fsp3) is 0.583. The van der Waals surface area contributed by atoms with Gasteiger partial charge in [0.05, 0.1) is 12.8 Å². The number of carbonyl (C=O) groups is 1. The van der Waals surface area contributed by atoms with E-state index in [0.29, 0.717) is 18.4 Å². The number of carbonyl (C=O) groups excluding carboxylic acids is 1. The van der Waals surface area contributed by atoms with Gasteiger partial charge in [0.15, 0.2) is 0 Å². The van der Waals surface area contributed by atoms with Gasteiger partial charge in [-0.3, -0.25) is 9.69 Å². The Bertz CT molecular complexity index is 318. The average Bonchev–Trinajstić information content (AvgIpc) is 2.84. The zero-order valence-corrected chi connectivity index (χ0v) is 9.11. The molecule has 1 aromatic heterocycles. The van der Waals surface area contributed by atoms with E-state index in [0.717, 1.165) is 31.6 Å². The first-order valence-corrected chi connectivity index (χ1v) is 5.54.